The molecular weight excluding hydrogens is 337 g/mol. The number of hydrogen-bond acceptors (Lipinski definition) is 1. The maximum absolute atomic E-state index is 6.17. The van der Waals surface area contributed by atoms with Gasteiger partial charge >= 0.3 is 0 Å². The number of benzene rings is 2. The van der Waals surface area contributed by atoms with Crippen LogP contribution in [0.2, 0.25) is 25.1 Å². The molecule has 3 rings (SSSR count). The first-order chi connectivity index (χ1) is 8.50. The second kappa shape index (κ2) is 4.36. The highest BCUT2D eigenvalue weighted by atomic mass is 35.5. The monoisotopic (exact) mass is 338 g/mol. The van der Waals surface area contributed by atoms with E-state index in [2.05, 4.69) is 0 Å². The number of rotatable bonds is 0. The van der Waals surface area contributed by atoms with Gasteiger partial charge in [0.1, 0.15) is 5.02 Å². The molecule has 1 heterocycles. The van der Waals surface area contributed by atoms with Crippen molar-refractivity contribution in [2.75, 3.05) is 0 Å². The molecule has 0 aliphatic carbocycles. The van der Waals surface area contributed by atoms with E-state index in [1.54, 1.807) is 18.2 Å². The zero-order valence-electron chi connectivity index (χ0n) is 8.53. The van der Waals surface area contributed by atoms with E-state index in [4.69, 9.17) is 62.4 Å². The minimum absolute atomic E-state index is 0.291. The Hall–Kier alpha value is -0.310. The second-order valence-electron chi connectivity index (χ2n) is 3.69. The lowest BCUT2D eigenvalue weighted by Crippen LogP contribution is -1.75. The first kappa shape index (κ1) is 12.7. The fraction of sp³-hybridized carbons (Fsp3) is 0. The van der Waals surface area contributed by atoms with Crippen molar-refractivity contribution in [1.82, 2.24) is 0 Å². The number of hydrogen-bond donors (Lipinski definition) is 0. The summed E-state index contributed by atoms with van der Waals surface area (Å²) in [7, 11) is 0. The van der Waals surface area contributed by atoms with Crippen molar-refractivity contribution in [3.8, 4) is 0 Å². The molecule has 0 radical (unpaired) electrons. The van der Waals surface area contributed by atoms with Gasteiger partial charge in [0, 0.05) is 5.39 Å². The van der Waals surface area contributed by atoms with Crippen LogP contribution in [0.25, 0.3) is 21.9 Å². The summed E-state index contributed by atoms with van der Waals surface area (Å²) in [6, 6.07) is 4.89. The van der Waals surface area contributed by atoms with E-state index in [0.29, 0.717) is 47.1 Å². The van der Waals surface area contributed by atoms with E-state index in [9.17, 15) is 0 Å². The molecule has 0 amide bonds. The van der Waals surface area contributed by atoms with Gasteiger partial charge in [-0.25, -0.2) is 0 Å². The van der Waals surface area contributed by atoms with E-state index >= 15 is 0 Å². The van der Waals surface area contributed by atoms with Gasteiger partial charge in [0.2, 0.25) is 0 Å². The SMILES string of the molecule is Clc1cc(Cl)c2c(oc3c(Cl)ccc(Cl)c32)c1Cl. The van der Waals surface area contributed by atoms with Crippen LogP contribution in [-0.4, -0.2) is 0 Å². The summed E-state index contributed by atoms with van der Waals surface area (Å²) < 4.78 is 5.64. The lowest BCUT2D eigenvalue weighted by Gasteiger charge is -1.99. The van der Waals surface area contributed by atoms with Crippen molar-refractivity contribution in [2.24, 2.45) is 0 Å². The molecule has 0 spiro atoms. The van der Waals surface area contributed by atoms with Crippen LogP contribution in [0.3, 0.4) is 0 Å². The number of furan rings is 1. The highest BCUT2D eigenvalue weighted by Gasteiger charge is 2.19. The van der Waals surface area contributed by atoms with Gasteiger partial charge in [-0.1, -0.05) is 58.0 Å². The van der Waals surface area contributed by atoms with Crippen molar-refractivity contribution in [1.29, 1.82) is 0 Å². The highest BCUT2D eigenvalue weighted by molar-refractivity contribution is 6.50. The average Bonchev–Trinajstić information content (AvgIpc) is 2.73. The van der Waals surface area contributed by atoms with Crippen LogP contribution < -0.4 is 0 Å². The fourth-order valence-electron chi connectivity index (χ4n) is 1.87. The Kier molecular flexibility index (Phi) is 3.08. The lowest BCUT2D eigenvalue weighted by atomic mass is 10.1. The summed E-state index contributed by atoms with van der Waals surface area (Å²) in [6.07, 6.45) is 0. The maximum atomic E-state index is 6.17. The Morgan fingerprint density at radius 3 is 2.00 bits per heavy atom. The first-order valence-corrected chi connectivity index (χ1v) is 6.73. The molecule has 6 heteroatoms. The van der Waals surface area contributed by atoms with E-state index in [1.165, 1.54) is 0 Å². The summed E-state index contributed by atoms with van der Waals surface area (Å²) >= 11 is 30.5. The molecule has 18 heavy (non-hydrogen) atoms. The summed E-state index contributed by atoms with van der Waals surface area (Å²) in [5.41, 5.74) is 0.837. The molecule has 92 valence electrons. The first-order valence-electron chi connectivity index (χ1n) is 4.84. The van der Waals surface area contributed by atoms with Gasteiger partial charge in [-0.2, -0.15) is 0 Å². The van der Waals surface area contributed by atoms with E-state index < -0.39 is 0 Å². The predicted octanol–water partition coefficient (Wildman–Crippen LogP) is 6.85. The smallest absolute Gasteiger partial charge is 0.157 e. The Morgan fingerprint density at radius 1 is 0.667 bits per heavy atom. The molecule has 0 saturated carbocycles. The van der Waals surface area contributed by atoms with Gasteiger partial charge in [-0.05, 0) is 18.2 Å². The molecule has 0 N–H and O–H groups in total. The molecule has 1 nitrogen and oxygen atoms in total. The Balaban J connectivity index is 2.69. The molecule has 0 aliphatic heterocycles. The summed E-state index contributed by atoms with van der Waals surface area (Å²) in [4.78, 5) is 0. The molecule has 0 bridgehead atoms. The van der Waals surface area contributed by atoms with Crippen LogP contribution in [0.1, 0.15) is 0 Å². The van der Waals surface area contributed by atoms with Gasteiger partial charge in [-0.3, -0.25) is 0 Å². The quantitative estimate of drug-likeness (QED) is 0.408. The van der Waals surface area contributed by atoms with Crippen LogP contribution in [0.5, 0.6) is 0 Å². The summed E-state index contributed by atoms with van der Waals surface area (Å²) in [5, 5.41) is 3.22. The van der Waals surface area contributed by atoms with Gasteiger partial charge in [-0.15, -0.1) is 0 Å². The third-order valence-corrected chi connectivity index (χ3v) is 4.32. The van der Waals surface area contributed by atoms with Gasteiger partial charge in [0.15, 0.2) is 11.2 Å². The highest BCUT2D eigenvalue weighted by Crippen LogP contribution is 2.45. The number of fused-ring (bicyclic) bond motifs is 3. The molecule has 0 unspecified atom stereocenters. The molecule has 0 saturated heterocycles. The molecule has 0 atom stereocenters. The third kappa shape index (κ3) is 1.70. The normalized spacial score (nSPS) is 11.6. The molecule has 0 fully saturated rings. The van der Waals surface area contributed by atoms with E-state index in [0.717, 1.165) is 0 Å². The molecular formula is C12H3Cl5O. The Bertz CT molecular complexity index is 790. The maximum Gasteiger partial charge on any atom is 0.157 e. The third-order valence-electron chi connectivity index (χ3n) is 2.64. The molecule has 0 aliphatic rings. The van der Waals surface area contributed by atoms with E-state index in [1.807, 2.05) is 0 Å². The zero-order valence-corrected chi connectivity index (χ0v) is 12.3. The van der Waals surface area contributed by atoms with Crippen molar-refractivity contribution < 1.29 is 4.42 Å². The largest absolute Gasteiger partial charge is 0.453 e. The molecule has 3 aromatic rings. The molecule has 1 aromatic heterocycles. The van der Waals surface area contributed by atoms with Gasteiger partial charge in [0.25, 0.3) is 0 Å². The van der Waals surface area contributed by atoms with Crippen molar-refractivity contribution in [3.63, 3.8) is 0 Å². The van der Waals surface area contributed by atoms with Crippen LogP contribution >= 0.6 is 58.0 Å². The van der Waals surface area contributed by atoms with Gasteiger partial charge < -0.3 is 4.42 Å². The fourth-order valence-corrected chi connectivity index (χ4v) is 3.04. The van der Waals surface area contributed by atoms with Crippen molar-refractivity contribution in [2.45, 2.75) is 0 Å². The average molecular weight is 340 g/mol. The van der Waals surface area contributed by atoms with Crippen molar-refractivity contribution >= 4 is 79.9 Å². The summed E-state index contributed by atoms with van der Waals surface area (Å²) in [6.45, 7) is 0. The van der Waals surface area contributed by atoms with Crippen LogP contribution in [0, 0.1) is 0 Å². The predicted molar refractivity (Wildman–Crippen MR) is 78.8 cm³/mol. The minimum Gasteiger partial charge on any atom is -0.453 e. The second-order valence-corrected chi connectivity index (χ2v) is 5.70. The molecule has 2 aromatic carbocycles. The van der Waals surface area contributed by atoms with Gasteiger partial charge in [0.05, 0.1) is 25.5 Å². The Morgan fingerprint density at radius 2 is 1.28 bits per heavy atom. The van der Waals surface area contributed by atoms with Crippen LogP contribution in [-0.2, 0) is 0 Å². The Labute approximate surface area is 127 Å². The van der Waals surface area contributed by atoms with Crippen LogP contribution in [0.15, 0.2) is 22.6 Å². The minimum atomic E-state index is 0.291. The van der Waals surface area contributed by atoms with Crippen LogP contribution in [0.4, 0.5) is 0 Å². The van der Waals surface area contributed by atoms with Crippen molar-refractivity contribution in [3.05, 3.63) is 43.3 Å². The topological polar surface area (TPSA) is 13.1 Å². The number of halogens is 5. The lowest BCUT2D eigenvalue weighted by molar-refractivity contribution is 0.669. The van der Waals surface area contributed by atoms with E-state index in [-0.39, 0.29) is 0 Å². The zero-order chi connectivity index (χ0) is 13.0. The standard InChI is InChI=1S/C12H3Cl5O/c13-4-1-2-5(14)11-8(4)9-6(15)3-7(16)10(17)12(9)18-11/h1-3H. The summed E-state index contributed by atoms with van der Waals surface area (Å²) in [5.74, 6) is 0.